The van der Waals surface area contributed by atoms with Crippen LogP contribution >= 0.6 is 0 Å². The van der Waals surface area contributed by atoms with Crippen molar-refractivity contribution in [3.8, 4) is 0 Å². The van der Waals surface area contributed by atoms with Gasteiger partial charge < -0.3 is 25.0 Å². The zero-order chi connectivity index (χ0) is 19.2. The molecular weight excluding hydrogens is 316 g/mol. The highest BCUT2D eigenvalue weighted by atomic mass is 16.6. The third kappa shape index (κ3) is 12.2. The molecule has 0 bridgehead atoms. The number of rotatable bonds is 5. The number of aromatic nitrogens is 2. The Bertz CT molecular complexity index is 495. The minimum Gasteiger partial charge on any atom is -0.444 e. The number of nitrogens with one attached hydrogen (secondary N) is 2. The Morgan fingerprint density at radius 2 is 1.96 bits per heavy atom. The lowest BCUT2D eigenvalue weighted by Crippen LogP contribution is -2.32. The molecule has 1 aromatic heterocycles. The van der Waals surface area contributed by atoms with Crippen LogP contribution in [0.5, 0.6) is 0 Å². The van der Waals surface area contributed by atoms with Gasteiger partial charge in [-0.15, -0.1) is 0 Å². The number of hydrogen-bond donors (Lipinski definition) is 3. The molecule has 0 aromatic carbocycles. The Morgan fingerprint density at radius 1 is 1.38 bits per heavy atom. The second-order valence-electron chi connectivity index (χ2n) is 5.40. The highest BCUT2D eigenvalue weighted by Gasteiger charge is 2.14. The fraction of sp³-hybridized carbons (Fsp3) is 0.600. The van der Waals surface area contributed by atoms with E-state index in [1.165, 1.54) is 4.57 Å². The average molecular weight is 344 g/mol. The molecule has 0 atom stereocenters. The van der Waals surface area contributed by atoms with Gasteiger partial charge in [0, 0.05) is 26.9 Å². The zero-order valence-corrected chi connectivity index (χ0v) is 15.1. The van der Waals surface area contributed by atoms with Gasteiger partial charge in [0.05, 0.1) is 0 Å². The van der Waals surface area contributed by atoms with Gasteiger partial charge in [-0.2, -0.15) is 0 Å². The van der Waals surface area contributed by atoms with E-state index in [1.807, 2.05) is 27.7 Å². The predicted octanol–water partition coefficient (Wildman–Crippen LogP) is 1.33. The van der Waals surface area contributed by atoms with Gasteiger partial charge in [0.2, 0.25) is 6.41 Å². The molecule has 0 unspecified atom stereocenters. The molecule has 0 aliphatic heterocycles. The van der Waals surface area contributed by atoms with Crippen molar-refractivity contribution >= 4 is 24.6 Å². The van der Waals surface area contributed by atoms with Gasteiger partial charge in [-0.05, 0) is 27.2 Å². The van der Waals surface area contributed by atoms with E-state index in [-0.39, 0.29) is 11.9 Å². The van der Waals surface area contributed by atoms with Crippen LogP contribution in [0.25, 0.3) is 0 Å². The molecule has 1 rings (SSSR count). The molecule has 0 spiro atoms. The van der Waals surface area contributed by atoms with Crippen LogP contribution in [0.15, 0.2) is 6.20 Å². The summed E-state index contributed by atoms with van der Waals surface area (Å²) in [4.78, 5) is 34.8. The third-order valence-corrected chi connectivity index (χ3v) is 2.14. The number of imidazole rings is 1. The second kappa shape index (κ2) is 13.1. The molecule has 0 fully saturated rings. The first-order chi connectivity index (χ1) is 11.2. The summed E-state index contributed by atoms with van der Waals surface area (Å²) in [6.07, 6.45) is 3.28. The maximum atomic E-state index is 10.9. The van der Waals surface area contributed by atoms with Crippen LogP contribution < -0.4 is 10.6 Å². The summed E-state index contributed by atoms with van der Waals surface area (Å²) in [6, 6.07) is 0. The van der Waals surface area contributed by atoms with Crippen LogP contribution in [0.1, 0.15) is 44.7 Å². The molecule has 24 heavy (non-hydrogen) atoms. The van der Waals surface area contributed by atoms with Crippen LogP contribution in [-0.4, -0.2) is 52.7 Å². The van der Waals surface area contributed by atoms with Crippen LogP contribution in [0, 0.1) is 0 Å². The normalized spacial score (nSPS) is 9.46. The van der Waals surface area contributed by atoms with E-state index >= 15 is 0 Å². The van der Waals surface area contributed by atoms with E-state index in [2.05, 4.69) is 15.6 Å². The monoisotopic (exact) mass is 344 g/mol. The molecule has 9 heteroatoms. The minimum absolute atomic E-state index is 0.286. The minimum atomic E-state index is -0.391. The second-order valence-corrected chi connectivity index (χ2v) is 5.40. The fourth-order valence-electron chi connectivity index (χ4n) is 1.26. The van der Waals surface area contributed by atoms with Crippen LogP contribution in [0.3, 0.4) is 0 Å². The van der Waals surface area contributed by atoms with Gasteiger partial charge in [-0.25, -0.2) is 9.78 Å². The van der Waals surface area contributed by atoms with E-state index in [0.29, 0.717) is 25.1 Å². The third-order valence-electron chi connectivity index (χ3n) is 2.14. The quantitative estimate of drug-likeness (QED) is 0.693. The maximum absolute atomic E-state index is 10.9. The Morgan fingerprint density at radius 3 is 2.33 bits per heavy atom. The van der Waals surface area contributed by atoms with Crippen molar-refractivity contribution in [1.29, 1.82) is 0 Å². The van der Waals surface area contributed by atoms with Crippen molar-refractivity contribution in [1.82, 2.24) is 14.9 Å². The standard InChI is InChI=1S/C8H17NO2.C6H7N3O2.CH4O/c1-5-6-9-7(10)11-8(2,3)4;1-9-2-5(7-4-11)8-6(9)3-10;1-2/h5-6H2,1-4H3,(H,9,10);2-4H,1H3,(H,7,11);2H,1H3. The summed E-state index contributed by atoms with van der Waals surface area (Å²) < 4.78 is 6.52. The average Bonchev–Trinajstić information content (AvgIpc) is 2.86. The van der Waals surface area contributed by atoms with E-state index in [1.54, 1.807) is 13.2 Å². The summed E-state index contributed by atoms with van der Waals surface area (Å²) in [7, 11) is 2.67. The molecule has 1 aromatic rings. The van der Waals surface area contributed by atoms with Crippen molar-refractivity contribution in [2.75, 3.05) is 19.0 Å². The Hall–Kier alpha value is -2.42. The summed E-state index contributed by atoms with van der Waals surface area (Å²) in [5, 5.41) is 12.0. The summed E-state index contributed by atoms with van der Waals surface area (Å²) >= 11 is 0. The van der Waals surface area contributed by atoms with Crippen molar-refractivity contribution in [2.45, 2.75) is 39.7 Å². The number of carbonyl (C=O) groups excluding carboxylic acids is 3. The number of nitrogens with zero attached hydrogens (tertiary/aromatic N) is 2. The number of anilines is 1. The number of hydrogen-bond acceptors (Lipinski definition) is 6. The number of carbonyl (C=O) groups is 3. The van der Waals surface area contributed by atoms with Crippen molar-refractivity contribution in [2.24, 2.45) is 7.05 Å². The largest absolute Gasteiger partial charge is 0.444 e. The Labute approximate surface area is 142 Å². The number of aldehydes is 1. The first-order valence-corrected chi connectivity index (χ1v) is 7.33. The summed E-state index contributed by atoms with van der Waals surface area (Å²) in [5.41, 5.74) is -0.391. The number of alkyl carbamates (subject to hydrolysis) is 1. The molecule has 0 aliphatic carbocycles. The van der Waals surface area contributed by atoms with E-state index in [4.69, 9.17) is 9.84 Å². The van der Waals surface area contributed by atoms with Crippen molar-refractivity contribution in [3.63, 3.8) is 0 Å². The fourth-order valence-corrected chi connectivity index (χ4v) is 1.26. The number of ether oxygens (including phenoxy) is 1. The maximum Gasteiger partial charge on any atom is 0.407 e. The molecular formula is C15H28N4O5. The highest BCUT2D eigenvalue weighted by Crippen LogP contribution is 2.06. The lowest BCUT2D eigenvalue weighted by Gasteiger charge is -2.19. The Balaban J connectivity index is 0. The van der Waals surface area contributed by atoms with Gasteiger partial charge in [0.15, 0.2) is 17.9 Å². The van der Waals surface area contributed by atoms with E-state index < -0.39 is 5.60 Å². The van der Waals surface area contributed by atoms with Gasteiger partial charge in [-0.1, -0.05) is 6.92 Å². The van der Waals surface area contributed by atoms with Gasteiger partial charge in [0.25, 0.3) is 0 Å². The first-order valence-electron chi connectivity index (χ1n) is 7.33. The summed E-state index contributed by atoms with van der Waals surface area (Å²) in [6.45, 7) is 8.21. The number of aliphatic hydroxyl groups excluding tert-OH is 1. The van der Waals surface area contributed by atoms with Crippen molar-refractivity contribution in [3.05, 3.63) is 12.0 Å². The lowest BCUT2D eigenvalue weighted by atomic mass is 10.2. The Kier molecular flexibility index (Phi) is 13.0. The van der Waals surface area contributed by atoms with Crippen LogP contribution in [0.4, 0.5) is 10.6 Å². The molecule has 0 saturated carbocycles. The number of aryl methyl sites for hydroxylation is 1. The number of aliphatic hydroxyl groups is 1. The van der Waals surface area contributed by atoms with Crippen LogP contribution in [0.2, 0.25) is 0 Å². The molecule has 138 valence electrons. The highest BCUT2D eigenvalue weighted by molar-refractivity contribution is 5.74. The molecule has 0 aliphatic rings. The topological polar surface area (TPSA) is 123 Å². The molecule has 9 nitrogen and oxygen atoms in total. The number of amides is 2. The van der Waals surface area contributed by atoms with E-state index in [9.17, 15) is 14.4 Å². The molecule has 0 saturated heterocycles. The molecule has 2 amide bonds. The zero-order valence-electron chi connectivity index (χ0n) is 15.1. The molecule has 1 heterocycles. The smallest absolute Gasteiger partial charge is 0.407 e. The lowest BCUT2D eigenvalue weighted by molar-refractivity contribution is -0.105. The van der Waals surface area contributed by atoms with E-state index in [0.717, 1.165) is 13.5 Å². The van der Waals surface area contributed by atoms with Gasteiger partial charge in [-0.3, -0.25) is 9.59 Å². The first kappa shape index (κ1) is 23.8. The van der Waals surface area contributed by atoms with Crippen LogP contribution in [-0.2, 0) is 16.6 Å². The van der Waals surface area contributed by atoms with Crippen molar-refractivity contribution < 1.29 is 24.2 Å². The summed E-state index contributed by atoms with van der Waals surface area (Å²) in [5.74, 6) is 0.666. The molecule has 0 radical (unpaired) electrons. The SMILES string of the molecule is CCCNC(=O)OC(C)(C)C.CO.Cn1cc(NC=O)nc1C=O. The van der Waals surface area contributed by atoms with Gasteiger partial charge in [0.1, 0.15) is 5.60 Å². The van der Waals surface area contributed by atoms with Gasteiger partial charge >= 0.3 is 6.09 Å². The molecule has 3 N–H and O–H groups in total. The predicted molar refractivity (Wildman–Crippen MR) is 91.0 cm³/mol.